The van der Waals surface area contributed by atoms with Gasteiger partial charge in [-0.2, -0.15) is 0 Å². The second kappa shape index (κ2) is 6.67. The molecule has 0 heterocycles. The molecule has 2 unspecified atom stereocenters. The number of rotatable bonds is 4. The highest BCUT2D eigenvalue weighted by molar-refractivity contribution is 9.10. The van der Waals surface area contributed by atoms with Crippen molar-refractivity contribution in [3.05, 3.63) is 28.2 Å². The molecular weight excluding hydrogens is 356 g/mol. The van der Waals surface area contributed by atoms with Crippen molar-refractivity contribution >= 4 is 25.8 Å². The van der Waals surface area contributed by atoms with Gasteiger partial charge in [0, 0.05) is 22.7 Å². The van der Waals surface area contributed by atoms with Crippen LogP contribution >= 0.6 is 15.9 Å². The first-order chi connectivity index (χ1) is 9.77. The van der Waals surface area contributed by atoms with Crippen LogP contribution in [0.4, 0.5) is 0 Å². The molecule has 21 heavy (non-hydrogen) atoms. The van der Waals surface area contributed by atoms with Gasteiger partial charge in [0.1, 0.15) is 15.6 Å². The van der Waals surface area contributed by atoms with E-state index in [1.165, 1.54) is 6.26 Å². The Bertz CT molecular complexity index is 598. The Kier molecular flexibility index (Phi) is 5.33. The number of hydrogen-bond donors (Lipinski definition) is 1. The molecule has 2 rings (SSSR count). The molecule has 4 nitrogen and oxygen atoms in total. The van der Waals surface area contributed by atoms with Crippen LogP contribution in [0.25, 0.3) is 0 Å². The van der Waals surface area contributed by atoms with Crippen LogP contribution in [-0.2, 0) is 9.84 Å². The zero-order valence-corrected chi connectivity index (χ0v) is 14.7. The normalized spacial score (nSPS) is 24.6. The summed E-state index contributed by atoms with van der Waals surface area (Å²) in [6, 6.07) is 5.50. The highest BCUT2D eigenvalue weighted by Gasteiger charge is 2.30. The molecule has 1 aliphatic carbocycles. The van der Waals surface area contributed by atoms with Crippen molar-refractivity contribution in [3.63, 3.8) is 0 Å². The van der Waals surface area contributed by atoms with E-state index in [2.05, 4.69) is 15.9 Å². The summed E-state index contributed by atoms with van der Waals surface area (Å²) in [6.07, 6.45) is 3.47. The molecule has 0 radical (unpaired) electrons. The van der Waals surface area contributed by atoms with E-state index in [1.807, 2.05) is 18.2 Å². The Morgan fingerprint density at radius 3 is 2.71 bits per heavy atom. The predicted molar refractivity (Wildman–Crippen MR) is 86.3 cm³/mol. The fourth-order valence-corrected chi connectivity index (χ4v) is 4.23. The minimum atomic E-state index is -3.02. The first-order valence-electron chi connectivity index (χ1n) is 7.10. The van der Waals surface area contributed by atoms with Gasteiger partial charge in [0.25, 0.3) is 0 Å². The predicted octanol–water partition coefficient (Wildman–Crippen LogP) is 3.24. The summed E-state index contributed by atoms with van der Waals surface area (Å²) in [5.74, 6) is 0.624. The third kappa shape index (κ3) is 4.44. The molecule has 1 aromatic carbocycles. The molecule has 0 spiro atoms. The maximum atomic E-state index is 11.7. The summed E-state index contributed by atoms with van der Waals surface area (Å²) in [4.78, 5) is 0. The molecule has 1 aromatic rings. The Balaban J connectivity index is 2.16. The molecule has 6 heteroatoms. The van der Waals surface area contributed by atoms with Crippen LogP contribution in [0.15, 0.2) is 22.7 Å². The van der Waals surface area contributed by atoms with Gasteiger partial charge in [-0.15, -0.1) is 0 Å². The van der Waals surface area contributed by atoms with Gasteiger partial charge in [0.05, 0.1) is 17.5 Å². The molecule has 0 saturated heterocycles. The average molecular weight is 377 g/mol. The van der Waals surface area contributed by atoms with Gasteiger partial charge in [-0.1, -0.05) is 22.0 Å². The van der Waals surface area contributed by atoms with Crippen molar-refractivity contribution in [1.29, 1.82) is 0 Å². The first kappa shape index (κ1) is 16.8. The largest absolute Gasteiger partial charge is 0.490 e. The van der Waals surface area contributed by atoms with Crippen molar-refractivity contribution < 1.29 is 18.3 Å². The van der Waals surface area contributed by atoms with Gasteiger partial charge in [-0.05, 0) is 38.3 Å². The van der Waals surface area contributed by atoms with Gasteiger partial charge >= 0.3 is 0 Å². The summed E-state index contributed by atoms with van der Waals surface area (Å²) in [7, 11) is -3.02. The van der Waals surface area contributed by atoms with Gasteiger partial charge in [-0.25, -0.2) is 8.42 Å². The van der Waals surface area contributed by atoms with Crippen LogP contribution in [0.2, 0.25) is 0 Å². The van der Waals surface area contributed by atoms with E-state index in [0.717, 1.165) is 22.9 Å². The van der Waals surface area contributed by atoms with Crippen LogP contribution in [0.3, 0.4) is 0 Å². The quantitative estimate of drug-likeness (QED) is 0.875. The number of benzene rings is 1. The number of aliphatic hydroxyl groups excluding tert-OH is 1. The molecule has 118 valence electrons. The number of sulfone groups is 1. The molecule has 1 aliphatic rings. The van der Waals surface area contributed by atoms with Gasteiger partial charge < -0.3 is 9.84 Å². The zero-order chi connectivity index (χ0) is 15.6. The molecule has 3 atom stereocenters. The molecule has 0 bridgehead atoms. The third-order valence-corrected chi connectivity index (χ3v) is 6.04. The van der Waals surface area contributed by atoms with E-state index in [4.69, 9.17) is 4.74 Å². The molecule has 0 aromatic heterocycles. The first-order valence-corrected chi connectivity index (χ1v) is 9.85. The van der Waals surface area contributed by atoms with Crippen LogP contribution in [0, 0.1) is 0 Å². The van der Waals surface area contributed by atoms with Crippen molar-refractivity contribution in [2.75, 3.05) is 6.26 Å². The van der Waals surface area contributed by atoms with Crippen LogP contribution in [0.5, 0.6) is 5.75 Å². The monoisotopic (exact) mass is 376 g/mol. The molecule has 0 aliphatic heterocycles. The highest BCUT2D eigenvalue weighted by atomic mass is 79.9. The molecule has 0 amide bonds. The molecular formula is C15H21BrO4S. The van der Waals surface area contributed by atoms with E-state index in [1.54, 1.807) is 6.92 Å². The number of halogens is 1. The third-order valence-electron chi connectivity index (χ3n) is 3.90. The maximum absolute atomic E-state index is 11.7. The Hall–Kier alpha value is -0.590. The van der Waals surface area contributed by atoms with E-state index in [-0.39, 0.29) is 11.4 Å². The Morgan fingerprint density at radius 2 is 2.10 bits per heavy atom. The summed E-state index contributed by atoms with van der Waals surface area (Å²) in [6.45, 7) is 1.69. The van der Waals surface area contributed by atoms with Crippen LogP contribution < -0.4 is 4.74 Å². The fraction of sp³-hybridized carbons (Fsp3) is 0.600. The Morgan fingerprint density at radius 1 is 1.38 bits per heavy atom. The average Bonchev–Trinajstić information content (AvgIpc) is 2.37. The van der Waals surface area contributed by atoms with Gasteiger partial charge in [0.15, 0.2) is 0 Å². The maximum Gasteiger partial charge on any atom is 0.150 e. The standard InChI is InChI=1S/C15H21BrO4S/c1-10(17)14-7-6-11(16)8-15(14)20-12-4-3-5-13(9-12)21(2,18)19/h6-8,10,12-13,17H,3-5,9H2,1-2H3/t10-,12?,13?/m1/s1. The zero-order valence-electron chi connectivity index (χ0n) is 12.3. The number of ether oxygens (including phenoxy) is 1. The molecule has 1 fully saturated rings. The lowest BCUT2D eigenvalue weighted by Gasteiger charge is -2.29. The summed E-state index contributed by atoms with van der Waals surface area (Å²) in [5.41, 5.74) is 0.722. The van der Waals surface area contributed by atoms with Crippen LogP contribution in [-0.4, -0.2) is 31.1 Å². The Labute approximate surface area is 134 Å². The van der Waals surface area contributed by atoms with E-state index >= 15 is 0 Å². The van der Waals surface area contributed by atoms with Gasteiger partial charge in [0.2, 0.25) is 0 Å². The minimum absolute atomic E-state index is 0.120. The fourth-order valence-electron chi connectivity index (χ4n) is 2.73. The van der Waals surface area contributed by atoms with Crippen molar-refractivity contribution in [2.24, 2.45) is 0 Å². The van der Waals surface area contributed by atoms with Crippen molar-refractivity contribution in [2.45, 2.75) is 50.1 Å². The van der Waals surface area contributed by atoms with E-state index in [9.17, 15) is 13.5 Å². The lowest BCUT2D eigenvalue weighted by atomic mass is 9.97. The van der Waals surface area contributed by atoms with Crippen molar-refractivity contribution in [3.8, 4) is 5.75 Å². The topological polar surface area (TPSA) is 63.6 Å². The number of aliphatic hydroxyl groups is 1. The highest BCUT2D eigenvalue weighted by Crippen LogP contribution is 2.33. The second-order valence-corrected chi connectivity index (χ2v) is 8.96. The molecule has 1 saturated carbocycles. The minimum Gasteiger partial charge on any atom is -0.490 e. The number of hydrogen-bond acceptors (Lipinski definition) is 4. The summed E-state index contributed by atoms with van der Waals surface area (Å²) < 4.78 is 30.3. The summed E-state index contributed by atoms with van der Waals surface area (Å²) >= 11 is 3.40. The van der Waals surface area contributed by atoms with Gasteiger partial charge in [-0.3, -0.25) is 0 Å². The van der Waals surface area contributed by atoms with Crippen LogP contribution in [0.1, 0.15) is 44.3 Å². The van der Waals surface area contributed by atoms with E-state index in [0.29, 0.717) is 18.6 Å². The SMILES string of the molecule is C[C@@H](O)c1ccc(Br)cc1OC1CCCC(S(C)(=O)=O)C1. The molecule has 1 N–H and O–H groups in total. The lowest BCUT2D eigenvalue weighted by Crippen LogP contribution is -2.33. The smallest absolute Gasteiger partial charge is 0.150 e. The summed E-state index contributed by atoms with van der Waals surface area (Å²) in [5, 5.41) is 9.49. The second-order valence-electron chi connectivity index (χ2n) is 5.72. The van der Waals surface area contributed by atoms with E-state index < -0.39 is 15.9 Å². The lowest BCUT2D eigenvalue weighted by molar-refractivity contribution is 0.143. The van der Waals surface area contributed by atoms with Crippen molar-refractivity contribution in [1.82, 2.24) is 0 Å².